The Kier molecular flexibility index (Phi) is 3.70. The molecule has 25 heavy (non-hydrogen) atoms. The molecule has 0 spiro atoms. The Morgan fingerprint density at radius 1 is 1.20 bits per heavy atom. The summed E-state index contributed by atoms with van der Waals surface area (Å²) >= 11 is 1.49. The van der Waals surface area contributed by atoms with E-state index in [1.54, 1.807) is 37.5 Å². The van der Waals surface area contributed by atoms with Gasteiger partial charge in [0, 0.05) is 18.9 Å². The van der Waals surface area contributed by atoms with Gasteiger partial charge in [0.25, 0.3) is 5.91 Å². The van der Waals surface area contributed by atoms with Crippen LogP contribution in [0.3, 0.4) is 0 Å². The molecule has 124 valence electrons. The van der Waals surface area contributed by atoms with Crippen molar-refractivity contribution in [3.8, 4) is 16.3 Å². The molecule has 4 aromatic rings. The highest BCUT2D eigenvalue weighted by Crippen LogP contribution is 2.36. The highest BCUT2D eigenvalue weighted by atomic mass is 32.1. The van der Waals surface area contributed by atoms with Gasteiger partial charge < -0.3 is 10.4 Å². The van der Waals surface area contributed by atoms with Crippen LogP contribution in [0.1, 0.15) is 10.5 Å². The zero-order chi connectivity index (χ0) is 17.4. The number of phenols is 1. The maximum absolute atomic E-state index is 12.3. The maximum atomic E-state index is 12.3. The molecule has 0 aliphatic rings. The number of benzene rings is 2. The highest BCUT2D eigenvalue weighted by molar-refractivity contribution is 7.21. The summed E-state index contributed by atoms with van der Waals surface area (Å²) in [5.74, 6) is -0.140. The number of nitrogens with zero attached hydrogens (tertiary/aromatic N) is 3. The lowest BCUT2D eigenvalue weighted by Gasteiger charge is -2.08. The zero-order valence-electron chi connectivity index (χ0n) is 13.3. The first-order valence-corrected chi connectivity index (χ1v) is 8.42. The molecule has 4 rings (SSSR count). The average molecular weight is 350 g/mol. The number of phenolic OH excluding ortho intramolecular Hbond substituents is 1. The van der Waals surface area contributed by atoms with Crippen molar-refractivity contribution in [1.29, 1.82) is 0 Å². The van der Waals surface area contributed by atoms with Crippen LogP contribution in [0.2, 0.25) is 0 Å². The smallest absolute Gasteiger partial charge is 0.273 e. The number of carbonyl (C=O) groups is 1. The number of anilines is 1. The van der Waals surface area contributed by atoms with E-state index in [-0.39, 0.29) is 11.7 Å². The minimum atomic E-state index is -0.263. The molecule has 0 atom stereocenters. The molecule has 0 fully saturated rings. The van der Waals surface area contributed by atoms with Crippen LogP contribution in [0.15, 0.2) is 54.7 Å². The predicted octanol–water partition coefficient (Wildman–Crippen LogP) is 3.65. The molecule has 0 aliphatic carbocycles. The van der Waals surface area contributed by atoms with Crippen molar-refractivity contribution in [2.75, 3.05) is 5.32 Å². The van der Waals surface area contributed by atoms with Crippen molar-refractivity contribution < 1.29 is 9.90 Å². The lowest BCUT2D eigenvalue weighted by molar-refractivity contribution is 0.101. The fourth-order valence-electron chi connectivity index (χ4n) is 2.56. The van der Waals surface area contributed by atoms with Gasteiger partial charge in [0.15, 0.2) is 0 Å². The summed E-state index contributed by atoms with van der Waals surface area (Å²) in [6.45, 7) is 0. The van der Waals surface area contributed by atoms with Crippen molar-refractivity contribution in [1.82, 2.24) is 14.8 Å². The fourth-order valence-corrected chi connectivity index (χ4v) is 3.55. The minimum Gasteiger partial charge on any atom is -0.507 e. The van der Waals surface area contributed by atoms with Crippen LogP contribution in [0.25, 0.3) is 20.8 Å². The number of nitrogens with one attached hydrogen (secondary N) is 1. The molecule has 1 amide bonds. The lowest BCUT2D eigenvalue weighted by Crippen LogP contribution is -2.16. The molecule has 0 saturated carbocycles. The standard InChI is InChI=1S/C18H14N4O2S/c1-22-14(8-9-19-22)17(24)20-11-6-7-15(23)12(10-11)18-21-13-4-2-3-5-16(13)25-18/h2-10,23H,1H3,(H,20,24). The Hall–Kier alpha value is -3.19. The van der Waals surface area contributed by atoms with Crippen LogP contribution >= 0.6 is 11.3 Å². The summed E-state index contributed by atoms with van der Waals surface area (Å²) in [5, 5.41) is 17.7. The Bertz CT molecular complexity index is 1050. The Labute approximate surface area is 147 Å². The number of aryl methyl sites for hydroxylation is 1. The van der Waals surface area contributed by atoms with E-state index in [1.807, 2.05) is 24.3 Å². The van der Waals surface area contributed by atoms with Crippen LogP contribution in [0, 0.1) is 0 Å². The molecule has 0 aliphatic heterocycles. The van der Waals surface area contributed by atoms with Crippen molar-refractivity contribution in [2.45, 2.75) is 0 Å². The molecule has 2 aromatic heterocycles. The normalized spacial score (nSPS) is 10.9. The van der Waals surface area contributed by atoms with Crippen LogP contribution in [-0.2, 0) is 7.05 Å². The molecule has 0 unspecified atom stereocenters. The third-order valence-electron chi connectivity index (χ3n) is 3.83. The van der Waals surface area contributed by atoms with Crippen molar-refractivity contribution in [2.24, 2.45) is 7.05 Å². The van der Waals surface area contributed by atoms with Crippen molar-refractivity contribution >= 4 is 33.1 Å². The maximum Gasteiger partial charge on any atom is 0.273 e. The van der Waals surface area contributed by atoms with E-state index >= 15 is 0 Å². The molecule has 2 aromatic carbocycles. The monoisotopic (exact) mass is 350 g/mol. The first-order chi connectivity index (χ1) is 12.1. The second-order valence-corrected chi connectivity index (χ2v) is 6.54. The molecule has 2 N–H and O–H groups in total. The number of hydrogen-bond acceptors (Lipinski definition) is 5. The van der Waals surface area contributed by atoms with Gasteiger partial charge in [-0.2, -0.15) is 5.10 Å². The van der Waals surface area contributed by atoms with Gasteiger partial charge in [-0.1, -0.05) is 12.1 Å². The molecular formula is C18H14N4O2S. The second kappa shape index (κ2) is 6.03. The lowest BCUT2D eigenvalue weighted by atomic mass is 10.2. The van der Waals surface area contributed by atoms with Gasteiger partial charge >= 0.3 is 0 Å². The van der Waals surface area contributed by atoms with E-state index < -0.39 is 0 Å². The summed E-state index contributed by atoms with van der Waals surface area (Å²) in [4.78, 5) is 16.9. The highest BCUT2D eigenvalue weighted by Gasteiger charge is 2.14. The van der Waals surface area contributed by atoms with Gasteiger partial charge in [0.05, 0.1) is 15.8 Å². The number of carbonyl (C=O) groups excluding carboxylic acids is 1. The third-order valence-corrected chi connectivity index (χ3v) is 4.90. The number of fused-ring (bicyclic) bond motifs is 1. The van der Waals surface area contributed by atoms with Crippen LogP contribution < -0.4 is 5.32 Å². The average Bonchev–Trinajstić information content (AvgIpc) is 3.22. The minimum absolute atomic E-state index is 0.123. The van der Waals surface area contributed by atoms with Crippen molar-refractivity contribution in [3.05, 3.63) is 60.4 Å². The van der Waals surface area contributed by atoms with Gasteiger partial charge in [0.2, 0.25) is 0 Å². The largest absolute Gasteiger partial charge is 0.507 e. The number of para-hydroxylation sites is 1. The first kappa shape index (κ1) is 15.3. The SMILES string of the molecule is Cn1nccc1C(=O)Nc1ccc(O)c(-c2nc3ccccc3s2)c1. The summed E-state index contributed by atoms with van der Waals surface area (Å²) in [7, 11) is 1.71. The summed E-state index contributed by atoms with van der Waals surface area (Å²) in [5.41, 5.74) is 2.50. The van der Waals surface area contributed by atoms with E-state index in [0.29, 0.717) is 22.0 Å². The van der Waals surface area contributed by atoms with Gasteiger partial charge in [0.1, 0.15) is 16.5 Å². The van der Waals surface area contributed by atoms with E-state index in [9.17, 15) is 9.90 Å². The molecular weight excluding hydrogens is 336 g/mol. The molecule has 0 radical (unpaired) electrons. The molecule has 0 saturated heterocycles. The first-order valence-electron chi connectivity index (χ1n) is 7.60. The topological polar surface area (TPSA) is 80.0 Å². The van der Waals surface area contributed by atoms with Gasteiger partial charge in [-0.05, 0) is 36.4 Å². The van der Waals surface area contributed by atoms with Gasteiger partial charge in [-0.15, -0.1) is 11.3 Å². The molecule has 6 nitrogen and oxygen atoms in total. The quantitative estimate of drug-likeness (QED) is 0.553. The summed E-state index contributed by atoms with van der Waals surface area (Å²) < 4.78 is 2.55. The number of aromatic hydroxyl groups is 1. The van der Waals surface area contributed by atoms with Crippen LogP contribution in [0.4, 0.5) is 5.69 Å². The Balaban J connectivity index is 1.69. The number of thiazole rings is 1. The van der Waals surface area contributed by atoms with E-state index in [2.05, 4.69) is 15.4 Å². The number of hydrogen-bond donors (Lipinski definition) is 2. The third kappa shape index (κ3) is 2.85. The van der Waals surface area contributed by atoms with E-state index in [0.717, 1.165) is 10.2 Å². The number of aromatic nitrogens is 3. The Morgan fingerprint density at radius 2 is 2.04 bits per heavy atom. The molecule has 0 bridgehead atoms. The van der Waals surface area contributed by atoms with Crippen molar-refractivity contribution in [3.63, 3.8) is 0 Å². The molecule has 2 heterocycles. The van der Waals surface area contributed by atoms with Gasteiger partial charge in [-0.25, -0.2) is 4.98 Å². The number of amides is 1. The summed E-state index contributed by atoms with van der Waals surface area (Å²) in [6, 6.07) is 14.4. The second-order valence-electron chi connectivity index (χ2n) is 5.51. The fraction of sp³-hybridized carbons (Fsp3) is 0.0556. The van der Waals surface area contributed by atoms with E-state index in [4.69, 9.17) is 0 Å². The number of rotatable bonds is 3. The zero-order valence-corrected chi connectivity index (χ0v) is 14.1. The van der Waals surface area contributed by atoms with Crippen LogP contribution in [0.5, 0.6) is 5.75 Å². The predicted molar refractivity (Wildman–Crippen MR) is 97.9 cm³/mol. The van der Waals surface area contributed by atoms with Crippen LogP contribution in [-0.4, -0.2) is 25.8 Å². The molecule has 7 heteroatoms. The van der Waals surface area contributed by atoms with Gasteiger partial charge in [-0.3, -0.25) is 9.48 Å². The van der Waals surface area contributed by atoms with E-state index in [1.165, 1.54) is 16.0 Å². The Morgan fingerprint density at radius 3 is 2.80 bits per heavy atom. The summed E-state index contributed by atoms with van der Waals surface area (Å²) in [6.07, 6.45) is 1.57.